The number of rotatable bonds is 4. The number of hydrogen-bond acceptors (Lipinski definition) is 4. The predicted octanol–water partition coefficient (Wildman–Crippen LogP) is 3.38. The van der Waals surface area contributed by atoms with E-state index in [9.17, 15) is 18.4 Å². The first-order chi connectivity index (χ1) is 15.4. The van der Waals surface area contributed by atoms with Crippen molar-refractivity contribution in [3.05, 3.63) is 88.1 Å². The predicted molar refractivity (Wildman–Crippen MR) is 114 cm³/mol. The van der Waals surface area contributed by atoms with Crippen molar-refractivity contribution in [3.8, 4) is 11.3 Å². The van der Waals surface area contributed by atoms with Gasteiger partial charge in [0.2, 0.25) is 5.91 Å². The Morgan fingerprint density at radius 2 is 1.75 bits per heavy atom. The van der Waals surface area contributed by atoms with E-state index in [2.05, 4.69) is 15.5 Å². The molecular formula is C21H13ClF2N6O2. The number of hydrogen-bond donors (Lipinski definition) is 1. The zero-order valence-electron chi connectivity index (χ0n) is 16.2. The summed E-state index contributed by atoms with van der Waals surface area (Å²) in [6, 6.07) is 11.2. The second-order valence-corrected chi connectivity index (χ2v) is 7.38. The number of aromatic nitrogens is 5. The fraction of sp³-hybridized carbons (Fsp3) is 0.0476. The maximum atomic E-state index is 13.2. The molecule has 0 spiro atoms. The molecule has 8 nitrogen and oxygen atoms in total. The van der Waals surface area contributed by atoms with Gasteiger partial charge in [-0.25, -0.2) is 27.2 Å². The Kier molecular flexibility index (Phi) is 4.71. The van der Waals surface area contributed by atoms with Crippen molar-refractivity contribution >= 4 is 34.4 Å². The van der Waals surface area contributed by atoms with E-state index in [1.807, 2.05) is 0 Å². The van der Waals surface area contributed by atoms with Crippen LogP contribution in [0.2, 0.25) is 5.02 Å². The van der Waals surface area contributed by atoms with Gasteiger partial charge in [0.05, 0.1) is 16.4 Å². The molecule has 3 heterocycles. The van der Waals surface area contributed by atoms with Crippen LogP contribution in [0.4, 0.5) is 14.5 Å². The highest BCUT2D eigenvalue weighted by atomic mass is 35.5. The fourth-order valence-corrected chi connectivity index (χ4v) is 3.53. The molecule has 5 rings (SSSR count). The van der Waals surface area contributed by atoms with Crippen LogP contribution in [0, 0.1) is 11.6 Å². The van der Waals surface area contributed by atoms with Crippen LogP contribution in [-0.4, -0.2) is 29.7 Å². The highest BCUT2D eigenvalue weighted by Gasteiger charge is 2.16. The summed E-state index contributed by atoms with van der Waals surface area (Å²) in [7, 11) is 0. The van der Waals surface area contributed by atoms with E-state index in [0.717, 1.165) is 16.8 Å². The standard InChI is InChI=1S/C21H13ClF2N6O2/c22-15-9-14(24)5-6-16(15)25-19(31)11-30-21(32)28-7-8-29-18(20(28)27-30)10-17(26-29)12-1-3-13(23)4-2-12/h1-10H,11H2,(H,25,31). The molecule has 0 fully saturated rings. The van der Waals surface area contributed by atoms with Crippen molar-refractivity contribution in [1.82, 2.24) is 23.8 Å². The smallest absolute Gasteiger partial charge is 0.323 e. The van der Waals surface area contributed by atoms with Crippen LogP contribution in [-0.2, 0) is 11.3 Å². The van der Waals surface area contributed by atoms with Gasteiger partial charge in [-0.1, -0.05) is 11.6 Å². The molecule has 0 saturated carbocycles. The molecule has 0 unspecified atom stereocenters. The zero-order valence-corrected chi connectivity index (χ0v) is 16.9. The summed E-state index contributed by atoms with van der Waals surface area (Å²) in [5, 5.41) is 11.3. The van der Waals surface area contributed by atoms with Crippen molar-refractivity contribution in [3.63, 3.8) is 0 Å². The van der Waals surface area contributed by atoms with Gasteiger partial charge in [-0.05, 0) is 48.5 Å². The number of benzene rings is 2. The Morgan fingerprint density at radius 1 is 1.00 bits per heavy atom. The number of fused-ring (bicyclic) bond motifs is 3. The van der Waals surface area contributed by atoms with Gasteiger partial charge in [0.25, 0.3) is 0 Å². The summed E-state index contributed by atoms with van der Waals surface area (Å²) in [5.74, 6) is -1.44. The van der Waals surface area contributed by atoms with Crippen LogP contribution >= 0.6 is 11.6 Å². The molecule has 0 saturated heterocycles. The Bertz CT molecular complexity index is 1550. The molecule has 0 aliphatic carbocycles. The van der Waals surface area contributed by atoms with Crippen LogP contribution < -0.4 is 11.0 Å². The lowest BCUT2D eigenvalue weighted by Gasteiger charge is -2.06. The highest BCUT2D eigenvalue weighted by molar-refractivity contribution is 6.33. The van der Waals surface area contributed by atoms with E-state index >= 15 is 0 Å². The van der Waals surface area contributed by atoms with Crippen LogP contribution in [0.5, 0.6) is 0 Å². The molecule has 1 N–H and O–H groups in total. The Hall–Kier alpha value is -4.05. The first-order valence-corrected chi connectivity index (χ1v) is 9.75. The number of halogens is 3. The number of carbonyl (C=O) groups excluding carboxylic acids is 1. The SMILES string of the molecule is O=C(Cn1nc2c3cc(-c4ccc(F)cc4)nn3ccn2c1=O)Nc1ccc(F)cc1Cl. The third kappa shape index (κ3) is 3.50. The molecule has 0 atom stereocenters. The van der Waals surface area contributed by atoms with Gasteiger partial charge < -0.3 is 5.32 Å². The van der Waals surface area contributed by atoms with Crippen LogP contribution in [0.25, 0.3) is 22.4 Å². The van der Waals surface area contributed by atoms with Gasteiger partial charge in [0.1, 0.15) is 23.7 Å². The number of nitrogens with one attached hydrogen (secondary N) is 1. The van der Waals surface area contributed by atoms with Gasteiger partial charge in [-0.3, -0.25) is 4.79 Å². The summed E-state index contributed by atoms with van der Waals surface area (Å²) in [6.45, 7) is -0.376. The van der Waals surface area contributed by atoms with Gasteiger partial charge in [-0.15, -0.1) is 5.10 Å². The normalized spacial score (nSPS) is 11.3. The molecule has 2 aromatic carbocycles. The highest BCUT2D eigenvalue weighted by Crippen LogP contribution is 2.23. The lowest BCUT2D eigenvalue weighted by Crippen LogP contribution is -2.28. The second-order valence-electron chi connectivity index (χ2n) is 6.97. The molecule has 11 heteroatoms. The average molecular weight is 455 g/mol. The maximum absolute atomic E-state index is 13.2. The minimum absolute atomic E-state index is 0.0370. The van der Waals surface area contributed by atoms with Gasteiger partial charge >= 0.3 is 5.69 Å². The fourth-order valence-electron chi connectivity index (χ4n) is 3.32. The quantitative estimate of drug-likeness (QED) is 0.451. The van der Waals surface area contributed by atoms with Gasteiger partial charge in [0.15, 0.2) is 5.65 Å². The number of nitrogens with zero attached hydrogens (tertiary/aromatic N) is 5. The molecule has 0 aliphatic rings. The molecule has 0 aliphatic heterocycles. The number of carbonyl (C=O) groups is 1. The molecule has 5 aromatic rings. The summed E-state index contributed by atoms with van der Waals surface area (Å²) >= 11 is 5.93. The van der Waals surface area contributed by atoms with E-state index in [0.29, 0.717) is 22.4 Å². The van der Waals surface area contributed by atoms with Gasteiger partial charge in [0, 0.05) is 18.0 Å². The number of anilines is 1. The van der Waals surface area contributed by atoms with Crippen molar-refractivity contribution in [2.45, 2.75) is 6.54 Å². The lowest BCUT2D eigenvalue weighted by molar-refractivity contribution is -0.117. The first-order valence-electron chi connectivity index (χ1n) is 9.37. The minimum Gasteiger partial charge on any atom is -0.323 e. The zero-order chi connectivity index (χ0) is 22.4. The number of amides is 1. The van der Waals surface area contributed by atoms with E-state index < -0.39 is 17.4 Å². The van der Waals surface area contributed by atoms with Crippen LogP contribution in [0.1, 0.15) is 0 Å². The Labute approximate surface area is 183 Å². The molecular weight excluding hydrogens is 442 g/mol. The summed E-state index contributed by atoms with van der Waals surface area (Å²) in [5.41, 5.74) is 1.80. The third-order valence-electron chi connectivity index (χ3n) is 4.83. The first kappa shape index (κ1) is 19.9. The van der Waals surface area contributed by atoms with E-state index in [-0.39, 0.29) is 23.1 Å². The Balaban J connectivity index is 1.48. The van der Waals surface area contributed by atoms with Gasteiger partial charge in [-0.2, -0.15) is 5.10 Å². The maximum Gasteiger partial charge on any atom is 0.350 e. The molecule has 32 heavy (non-hydrogen) atoms. The second kappa shape index (κ2) is 7.57. The molecule has 1 amide bonds. The van der Waals surface area contributed by atoms with Crippen molar-refractivity contribution in [2.75, 3.05) is 5.32 Å². The molecule has 0 bridgehead atoms. The van der Waals surface area contributed by atoms with Crippen molar-refractivity contribution in [2.24, 2.45) is 0 Å². The summed E-state index contributed by atoms with van der Waals surface area (Å²) in [6.07, 6.45) is 3.07. The van der Waals surface area contributed by atoms with E-state index in [1.165, 1.54) is 28.8 Å². The lowest BCUT2D eigenvalue weighted by atomic mass is 10.1. The Morgan fingerprint density at radius 3 is 2.50 bits per heavy atom. The average Bonchev–Trinajstić information content (AvgIpc) is 3.32. The summed E-state index contributed by atoms with van der Waals surface area (Å²) in [4.78, 5) is 25.1. The summed E-state index contributed by atoms with van der Waals surface area (Å²) < 4.78 is 30.2. The largest absolute Gasteiger partial charge is 0.350 e. The monoisotopic (exact) mass is 454 g/mol. The van der Waals surface area contributed by atoms with E-state index in [4.69, 9.17) is 11.6 Å². The van der Waals surface area contributed by atoms with E-state index in [1.54, 1.807) is 28.9 Å². The van der Waals surface area contributed by atoms with Crippen molar-refractivity contribution in [1.29, 1.82) is 0 Å². The van der Waals surface area contributed by atoms with Crippen molar-refractivity contribution < 1.29 is 13.6 Å². The van der Waals surface area contributed by atoms with Crippen LogP contribution in [0.15, 0.2) is 65.7 Å². The van der Waals surface area contributed by atoms with Crippen LogP contribution in [0.3, 0.4) is 0 Å². The third-order valence-corrected chi connectivity index (χ3v) is 5.14. The minimum atomic E-state index is -0.555. The molecule has 160 valence electrons. The molecule has 0 radical (unpaired) electrons. The molecule has 3 aromatic heterocycles. The topological polar surface area (TPSA) is 85.7 Å².